The Kier molecular flexibility index (Phi) is 2.96. The Hall–Kier alpha value is -1.71. The first-order chi connectivity index (χ1) is 8.00. The second-order valence-corrected chi connectivity index (χ2v) is 5.03. The zero-order valence-corrected chi connectivity index (χ0v) is 10.1. The normalized spacial score (nSPS) is 19.2. The van der Waals surface area contributed by atoms with Gasteiger partial charge in [0.25, 0.3) is 5.91 Å². The summed E-state index contributed by atoms with van der Waals surface area (Å²) in [6.07, 6.45) is 3.64. The van der Waals surface area contributed by atoms with E-state index < -0.39 is 5.41 Å². The lowest BCUT2D eigenvalue weighted by Gasteiger charge is -2.36. The highest BCUT2D eigenvalue weighted by molar-refractivity contribution is 5.96. The highest BCUT2D eigenvalue weighted by Gasteiger charge is 2.36. The lowest BCUT2D eigenvalue weighted by molar-refractivity contribution is -0.130. The molecule has 90 valence electrons. The summed E-state index contributed by atoms with van der Waals surface area (Å²) in [5, 5.41) is 0. The standard InChI is InChI=1S/C13H16N2O2/c1-13(2)9-15(7-5-11(13)16)12(17)10-4-3-6-14-8-10/h3-4,6,8H,5,7,9H2,1-2H3. The van der Waals surface area contributed by atoms with Crippen LogP contribution in [-0.2, 0) is 4.79 Å². The number of pyridine rings is 1. The predicted molar refractivity (Wildman–Crippen MR) is 63.5 cm³/mol. The number of piperidine rings is 1. The van der Waals surface area contributed by atoms with E-state index in [1.165, 1.54) is 0 Å². The monoisotopic (exact) mass is 232 g/mol. The van der Waals surface area contributed by atoms with E-state index in [1.807, 2.05) is 13.8 Å². The number of carbonyl (C=O) groups excluding carboxylic acids is 2. The van der Waals surface area contributed by atoms with E-state index in [0.29, 0.717) is 25.1 Å². The fourth-order valence-electron chi connectivity index (χ4n) is 2.06. The van der Waals surface area contributed by atoms with Crippen LogP contribution in [0.5, 0.6) is 0 Å². The van der Waals surface area contributed by atoms with Crippen molar-refractivity contribution in [2.75, 3.05) is 13.1 Å². The smallest absolute Gasteiger partial charge is 0.255 e. The topological polar surface area (TPSA) is 50.3 Å². The van der Waals surface area contributed by atoms with Gasteiger partial charge in [0, 0.05) is 37.3 Å². The molecule has 4 nitrogen and oxygen atoms in total. The van der Waals surface area contributed by atoms with E-state index in [4.69, 9.17) is 0 Å². The number of carbonyl (C=O) groups is 2. The van der Waals surface area contributed by atoms with E-state index in [2.05, 4.69) is 4.98 Å². The zero-order valence-electron chi connectivity index (χ0n) is 10.1. The maximum absolute atomic E-state index is 12.2. The average molecular weight is 232 g/mol. The molecule has 0 aliphatic carbocycles. The SMILES string of the molecule is CC1(C)CN(C(=O)c2cccnc2)CCC1=O. The minimum Gasteiger partial charge on any atom is -0.337 e. The van der Waals surface area contributed by atoms with Crippen molar-refractivity contribution in [2.45, 2.75) is 20.3 Å². The summed E-state index contributed by atoms with van der Waals surface area (Å²) in [6, 6.07) is 3.49. The van der Waals surface area contributed by atoms with Crippen molar-refractivity contribution in [3.63, 3.8) is 0 Å². The highest BCUT2D eigenvalue weighted by Crippen LogP contribution is 2.26. The fraction of sp³-hybridized carbons (Fsp3) is 0.462. The molecular formula is C13H16N2O2. The molecule has 0 spiro atoms. The zero-order chi connectivity index (χ0) is 12.5. The molecule has 1 aliphatic rings. The summed E-state index contributed by atoms with van der Waals surface area (Å²) in [7, 11) is 0. The molecule has 0 bridgehead atoms. The van der Waals surface area contributed by atoms with Crippen molar-refractivity contribution >= 4 is 11.7 Å². The molecule has 0 N–H and O–H groups in total. The van der Waals surface area contributed by atoms with Crippen molar-refractivity contribution in [3.8, 4) is 0 Å². The quantitative estimate of drug-likeness (QED) is 0.737. The summed E-state index contributed by atoms with van der Waals surface area (Å²) in [5.74, 6) is 0.186. The van der Waals surface area contributed by atoms with Crippen molar-refractivity contribution < 1.29 is 9.59 Å². The summed E-state index contributed by atoms with van der Waals surface area (Å²) in [4.78, 5) is 29.5. The Bertz CT molecular complexity index is 440. The third kappa shape index (κ3) is 2.35. The number of aromatic nitrogens is 1. The molecule has 1 aromatic heterocycles. The first kappa shape index (κ1) is 11.8. The number of rotatable bonds is 1. The third-order valence-corrected chi connectivity index (χ3v) is 3.15. The van der Waals surface area contributed by atoms with Gasteiger partial charge in [0.1, 0.15) is 5.78 Å². The maximum Gasteiger partial charge on any atom is 0.255 e. The van der Waals surface area contributed by atoms with Gasteiger partial charge in [-0.15, -0.1) is 0 Å². The van der Waals surface area contributed by atoms with Crippen LogP contribution in [0.25, 0.3) is 0 Å². The molecule has 2 rings (SSSR count). The minimum absolute atomic E-state index is 0.0429. The Morgan fingerprint density at radius 1 is 1.47 bits per heavy atom. The van der Waals surface area contributed by atoms with Crippen LogP contribution < -0.4 is 0 Å². The van der Waals surface area contributed by atoms with Gasteiger partial charge in [-0.25, -0.2) is 0 Å². The number of amides is 1. The molecule has 0 radical (unpaired) electrons. The number of nitrogens with zero attached hydrogens (tertiary/aromatic N) is 2. The first-order valence-corrected chi connectivity index (χ1v) is 5.73. The molecule has 4 heteroatoms. The van der Waals surface area contributed by atoms with Gasteiger partial charge in [-0.3, -0.25) is 14.6 Å². The van der Waals surface area contributed by atoms with Gasteiger partial charge in [0.15, 0.2) is 0 Å². The van der Waals surface area contributed by atoms with Crippen LogP contribution in [-0.4, -0.2) is 34.7 Å². The lowest BCUT2D eigenvalue weighted by Crippen LogP contribution is -2.48. The van der Waals surface area contributed by atoms with Gasteiger partial charge >= 0.3 is 0 Å². The average Bonchev–Trinajstić information content (AvgIpc) is 2.33. The predicted octanol–water partition coefficient (Wildman–Crippen LogP) is 1.52. The fourth-order valence-corrected chi connectivity index (χ4v) is 2.06. The Morgan fingerprint density at radius 2 is 2.24 bits per heavy atom. The van der Waals surface area contributed by atoms with Crippen LogP contribution in [0.15, 0.2) is 24.5 Å². The Morgan fingerprint density at radius 3 is 2.82 bits per heavy atom. The van der Waals surface area contributed by atoms with Crippen LogP contribution in [0.1, 0.15) is 30.6 Å². The van der Waals surface area contributed by atoms with Crippen molar-refractivity contribution in [1.82, 2.24) is 9.88 Å². The molecule has 2 heterocycles. The summed E-state index contributed by atoms with van der Waals surface area (Å²) >= 11 is 0. The largest absolute Gasteiger partial charge is 0.337 e. The molecule has 1 aromatic rings. The van der Waals surface area contributed by atoms with Crippen LogP contribution in [0.4, 0.5) is 0 Å². The second-order valence-electron chi connectivity index (χ2n) is 5.03. The van der Waals surface area contributed by atoms with Crippen molar-refractivity contribution in [1.29, 1.82) is 0 Å². The lowest BCUT2D eigenvalue weighted by atomic mass is 9.82. The van der Waals surface area contributed by atoms with Gasteiger partial charge < -0.3 is 4.90 Å². The van der Waals surface area contributed by atoms with Gasteiger partial charge in [0.2, 0.25) is 0 Å². The number of hydrogen-bond acceptors (Lipinski definition) is 3. The molecule has 0 unspecified atom stereocenters. The van der Waals surface area contributed by atoms with E-state index in [0.717, 1.165) is 0 Å². The van der Waals surface area contributed by atoms with Crippen molar-refractivity contribution in [3.05, 3.63) is 30.1 Å². The van der Waals surface area contributed by atoms with Crippen LogP contribution in [0, 0.1) is 5.41 Å². The number of hydrogen-bond donors (Lipinski definition) is 0. The van der Waals surface area contributed by atoms with E-state index in [-0.39, 0.29) is 11.7 Å². The van der Waals surface area contributed by atoms with Crippen LogP contribution >= 0.6 is 0 Å². The van der Waals surface area contributed by atoms with Crippen LogP contribution in [0.3, 0.4) is 0 Å². The van der Waals surface area contributed by atoms with Crippen molar-refractivity contribution in [2.24, 2.45) is 5.41 Å². The molecule has 1 aliphatic heterocycles. The van der Waals surface area contributed by atoms with Gasteiger partial charge in [-0.1, -0.05) is 13.8 Å². The Balaban J connectivity index is 2.15. The summed E-state index contributed by atoms with van der Waals surface area (Å²) in [6.45, 7) is 4.77. The second kappa shape index (κ2) is 4.28. The molecule has 0 atom stereocenters. The molecular weight excluding hydrogens is 216 g/mol. The number of Topliss-reactive ketones (excluding diaryl/α,β-unsaturated/α-hetero) is 1. The molecule has 1 fully saturated rings. The maximum atomic E-state index is 12.2. The van der Waals surface area contributed by atoms with Crippen LogP contribution in [0.2, 0.25) is 0 Å². The molecule has 17 heavy (non-hydrogen) atoms. The summed E-state index contributed by atoms with van der Waals surface area (Å²) < 4.78 is 0. The summed E-state index contributed by atoms with van der Waals surface area (Å²) in [5.41, 5.74) is 0.147. The molecule has 0 aromatic carbocycles. The van der Waals surface area contributed by atoms with E-state index >= 15 is 0 Å². The van der Waals surface area contributed by atoms with Gasteiger partial charge in [0.05, 0.1) is 5.56 Å². The first-order valence-electron chi connectivity index (χ1n) is 5.73. The van der Waals surface area contributed by atoms with E-state index in [1.54, 1.807) is 29.4 Å². The highest BCUT2D eigenvalue weighted by atomic mass is 16.2. The molecule has 1 saturated heterocycles. The van der Waals surface area contributed by atoms with Gasteiger partial charge in [-0.2, -0.15) is 0 Å². The number of ketones is 1. The molecule has 1 amide bonds. The van der Waals surface area contributed by atoms with Gasteiger partial charge in [-0.05, 0) is 12.1 Å². The van der Waals surface area contributed by atoms with E-state index in [9.17, 15) is 9.59 Å². The molecule has 0 saturated carbocycles. The number of likely N-dealkylation sites (tertiary alicyclic amines) is 1. The minimum atomic E-state index is -0.434. The Labute approximate surface area is 101 Å². The third-order valence-electron chi connectivity index (χ3n) is 3.15.